The van der Waals surface area contributed by atoms with Crippen molar-refractivity contribution in [1.29, 1.82) is 0 Å². The monoisotopic (exact) mass is 426 g/mol. The molecule has 9 heteroatoms. The van der Waals surface area contributed by atoms with E-state index in [0.29, 0.717) is 6.04 Å². The number of nitrogens with zero attached hydrogens (tertiary/aromatic N) is 4. The Labute approximate surface area is 173 Å². The Hall–Kier alpha value is -2.00. The molecule has 0 amide bonds. The van der Waals surface area contributed by atoms with E-state index in [-0.39, 0.29) is 23.3 Å². The smallest absolute Gasteiger partial charge is 0.379 e. The Balaban J connectivity index is 1.59. The number of ether oxygens (including phenoxy) is 1. The zero-order valence-corrected chi connectivity index (χ0v) is 17.1. The van der Waals surface area contributed by atoms with E-state index in [0.717, 1.165) is 63.5 Å². The summed E-state index contributed by atoms with van der Waals surface area (Å²) in [5.74, 6) is 0.00805. The second-order valence-electron chi connectivity index (χ2n) is 8.34. The summed E-state index contributed by atoms with van der Waals surface area (Å²) < 4.78 is 59.9. The largest absolute Gasteiger partial charge is 0.419 e. The predicted molar refractivity (Wildman–Crippen MR) is 104 cm³/mol. The summed E-state index contributed by atoms with van der Waals surface area (Å²) >= 11 is 0. The molecule has 0 radical (unpaired) electrons. The zero-order valence-electron chi connectivity index (χ0n) is 17.1. The summed E-state index contributed by atoms with van der Waals surface area (Å²) in [5, 5.41) is 4.52. The van der Waals surface area contributed by atoms with Crippen molar-refractivity contribution in [2.75, 3.05) is 26.3 Å². The summed E-state index contributed by atoms with van der Waals surface area (Å²) in [6.45, 7) is 7.36. The van der Waals surface area contributed by atoms with E-state index in [1.165, 1.54) is 6.07 Å². The first kappa shape index (κ1) is 21.2. The third-order valence-electron chi connectivity index (χ3n) is 6.01. The molecule has 0 spiro atoms. The first-order valence-corrected chi connectivity index (χ1v) is 10.4. The van der Waals surface area contributed by atoms with Gasteiger partial charge in [-0.25, -0.2) is 14.1 Å². The molecule has 1 saturated heterocycles. The van der Waals surface area contributed by atoms with Crippen molar-refractivity contribution in [1.82, 2.24) is 19.7 Å². The Morgan fingerprint density at radius 2 is 1.87 bits per heavy atom. The van der Waals surface area contributed by atoms with Crippen LogP contribution in [0.4, 0.5) is 17.6 Å². The molecule has 1 aromatic heterocycles. The lowest BCUT2D eigenvalue weighted by atomic mass is 10.1. The molecule has 2 fully saturated rings. The van der Waals surface area contributed by atoms with Crippen LogP contribution in [-0.2, 0) is 10.9 Å². The lowest BCUT2D eigenvalue weighted by molar-refractivity contribution is -0.139. The van der Waals surface area contributed by atoms with Gasteiger partial charge in [0.25, 0.3) is 0 Å². The molecule has 164 valence electrons. The molecular formula is C21H26F4N4O. The first-order chi connectivity index (χ1) is 14.2. The first-order valence-electron chi connectivity index (χ1n) is 10.4. The highest BCUT2D eigenvalue weighted by Gasteiger charge is 2.36. The third kappa shape index (κ3) is 4.23. The highest BCUT2D eigenvalue weighted by atomic mass is 19.4. The summed E-state index contributed by atoms with van der Waals surface area (Å²) in [5.41, 5.74) is -1.03. The van der Waals surface area contributed by atoms with Crippen LogP contribution in [-0.4, -0.2) is 52.0 Å². The van der Waals surface area contributed by atoms with Crippen molar-refractivity contribution < 1.29 is 22.3 Å². The van der Waals surface area contributed by atoms with Gasteiger partial charge < -0.3 is 4.74 Å². The van der Waals surface area contributed by atoms with Crippen LogP contribution in [0.5, 0.6) is 0 Å². The average Bonchev–Trinajstić information content (AvgIpc) is 3.35. The highest BCUT2D eigenvalue weighted by molar-refractivity contribution is 5.56. The van der Waals surface area contributed by atoms with Crippen molar-refractivity contribution in [2.45, 2.75) is 57.3 Å². The fourth-order valence-electron chi connectivity index (χ4n) is 4.47. The fraction of sp³-hybridized carbons (Fsp3) is 0.619. The molecule has 0 bridgehead atoms. The number of rotatable bonds is 4. The molecule has 2 aromatic rings. The van der Waals surface area contributed by atoms with Crippen LogP contribution in [0.25, 0.3) is 11.4 Å². The molecule has 1 unspecified atom stereocenters. The lowest BCUT2D eigenvalue weighted by Gasteiger charge is -2.32. The fourth-order valence-corrected chi connectivity index (χ4v) is 4.47. The van der Waals surface area contributed by atoms with E-state index in [4.69, 9.17) is 4.74 Å². The molecule has 1 aromatic carbocycles. The standard InChI is InChI=1S/C21H26F4N4O/c1-13(2)29-20(15-3-5-16(11-15)28-7-9-30-10-8-28)26-19(27-29)14-4-6-17(18(22)12-14)21(23,24)25/h4,6,12-13,15-16H,3,5,7-11H2,1-2H3/t15?,16-/m0/s1. The number of benzene rings is 1. The van der Waals surface area contributed by atoms with Crippen LogP contribution in [0, 0.1) is 5.82 Å². The van der Waals surface area contributed by atoms with Crippen molar-refractivity contribution in [2.24, 2.45) is 0 Å². The van der Waals surface area contributed by atoms with Crippen LogP contribution in [0.3, 0.4) is 0 Å². The summed E-state index contributed by atoms with van der Waals surface area (Å²) in [7, 11) is 0. The number of aromatic nitrogens is 3. The van der Waals surface area contributed by atoms with E-state index >= 15 is 0 Å². The van der Waals surface area contributed by atoms with Gasteiger partial charge in [-0.3, -0.25) is 4.90 Å². The van der Waals surface area contributed by atoms with Crippen molar-refractivity contribution in [3.63, 3.8) is 0 Å². The molecule has 2 atom stereocenters. The van der Waals surface area contributed by atoms with Crippen molar-refractivity contribution >= 4 is 0 Å². The lowest BCUT2D eigenvalue weighted by Crippen LogP contribution is -2.42. The molecule has 1 aliphatic heterocycles. The SMILES string of the molecule is CC(C)n1nc(-c2ccc(C(F)(F)F)c(F)c2)nc1C1CC[C@H](N2CCOCC2)C1. The van der Waals surface area contributed by atoms with Gasteiger partial charge in [-0.2, -0.15) is 18.3 Å². The molecule has 2 heterocycles. The number of hydrogen-bond donors (Lipinski definition) is 0. The van der Waals surface area contributed by atoms with Crippen LogP contribution in [0.1, 0.15) is 56.5 Å². The van der Waals surface area contributed by atoms with E-state index in [2.05, 4.69) is 15.0 Å². The third-order valence-corrected chi connectivity index (χ3v) is 6.01. The van der Waals surface area contributed by atoms with E-state index in [9.17, 15) is 17.6 Å². The minimum absolute atomic E-state index is 0.0444. The highest BCUT2D eigenvalue weighted by Crippen LogP contribution is 2.38. The molecule has 30 heavy (non-hydrogen) atoms. The van der Waals surface area contributed by atoms with Crippen molar-refractivity contribution in [3.05, 3.63) is 35.4 Å². The van der Waals surface area contributed by atoms with Gasteiger partial charge in [-0.1, -0.05) is 6.07 Å². The zero-order chi connectivity index (χ0) is 21.5. The maximum absolute atomic E-state index is 14.1. The Morgan fingerprint density at radius 3 is 2.50 bits per heavy atom. The molecule has 5 nitrogen and oxygen atoms in total. The van der Waals surface area contributed by atoms with Crippen LogP contribution in [0.2, 0.25) is 0 Å². The van der Waals surface area contributed by atoms with Crippen molar-refractivity contribution in [3.8, 4) is 11.4 Å². The topological polar surface area (TPSA) is 43.2 Å². The van der Waals surface area contributed by atoms with Crippen LogP contribution in [0.15, 0.2) is 18.2 Å². The minimum Gasteiger partial charge on any atom is -0.379 e. The van der Waals surface area contributed by atoms with Crippen LogP contribution >= 0.6 is 0 Å². The van der Waals surface area contributed by atoms with Gasteiger partial charge in [0, 0.05) is 36.7 Å². The van der Waals surface area contributed by atoms with E-state index in [1.54, 1.807) is 0 Å². The summed E-state index contributed by atoms with van der Waals surface area (Å²) in [6, 6.07) is 3.38. The maximum Gasteiger partial charge on any atom is 0.419 e. The molecule has 0 N–H and O–H groups in total. The second kappa shape index (κ2) is 8.26. The summed E-state index contributed by atoms with van der Waals surface area (Å²) in [4.78, 5) is 7.12. The van der Waals surface area contributed by atoms with Gasteiger partial charge >= 0.3 is 6.18 Å². The van der Waals surface area contributed by atoms with Crippen LogP contribution < -0.4 is 0 Å². The molecular weight excluding hydrogens is 400 g/mol. The Morgan fingerprint density at radius 1 is 1.13 bits per heavy atom. The normalized spacial score (nSPS) is 23.4. The van der Waals surface area contributed by atoms with Gasteiger partial charge in [-0.15, -0.1) is 0 Å². The molecule has 1 aliphatic carbocycles. The Kier molecular flexibility index (Phi) is 5.85. The Bertz CT molecular complexity index is 890. The van der Waals surface area contributed by atoms with Gasteiger partial charge in [0.2, 0.25) is 0 Å². The maximum atomic E-state index is 14.1. The summed E-state index contributed by atoms with van der Waals surface area (Å²) in [6.07, 6.45) is -1.71. The van der Waals surface area contributed by atoms with Gasteiger partial charge in [0.1, 0.15) is 11.6 Å². The average molecular weight is 426 g/mol. The minimum atomic E-state index is -4.73. The number of morpholine rings is 1. The van der Waals surface area contributed by atoms with E-state index < -0.39 is 17.6 Å². The van der Waals surface area contributed by atoms with E-state index in [1.807, 2.05) is 18.5 Å². The number of hydrogen-bond acceptors (Lipinski definition) is 4. The predicted octanol–water partition coefficient (Wildman–Crippen LogP) is 4.65. The number of halogens is 4. The van der Waals surface area contributed by atoms with Gasteiger partial charge in [0.15, 0.2) is 5.82 Å². The molecule has 4 rings (SSSR count). The number of alkyl halides is 3. The van der Waals surface area contributed by atoms with Gasteiger partial charge in [-0.05, 0) is 45.2 Å². The van der Waals surface area contributed by atoms with Gasteiger partial charge in [0.05, 0.1) is 18.8 Å². The molecule has 1 saturated carbocycles. The second-order valence-corrected chi connectivity index (χ2v) is 8.34. The molecule has 2 aliphatic rings. The quantitative estimate of drug-likeness (QED) is 0.668.